The molecule has 0 heterocycles. The lowest BCUT2D eigenvalue weighted by molar-refractivity contribution is 0.0129. The number of amides is 1. The van der Waals surface area contributed by atoms with Crippen LogP contribution in [-0.2, 0) is 4.74 Å². The Morgan fingerprint density at radius 2 is 1.85 bits per heavy atom. The first-order chi connectivity index (χ1) is 9.19. The van der Waals surface area contributed by atoms with Crippen LogP contribution in [-0.4, -0.2) is 34.6 Å². The van der Waals surface area contributed by atoms with Crippen molar-refractivity contribution in [1.82, 2.24) is 5.32 Å². The zero-order valence-electron chi connectivity index (χ0n) is 11.8. The van der Waals surface area contributed by atoms with E-state index in [1.54, 1.807) is 45.0 Å². The van der Waals surface area contributed by atoms with Crippen LogP contribution in [0.15, 0.2) is 24.3 Å². The molecule has 0 bridgehead atoms. The van der Waals surface area contributed by atoms with Crippen LogP contribution in [0, 0.1) is 0 Å². The molecule has 1 amide bonds. The van der Waals surface area contributed by atoms with Gasteiger partial charge in [0.15, 0.2) is 0 Å². The Morgan fingerprint density at radius 1 is 1.30 bits per heavy atom. The summed E-state index contributed by atoms with van der Waals surface area (Å²) in [5.41, 5.74) is -0.0861. The molecule has 0 spiro atoms. The molecule has 6 heteroatoms. The van der Waals surface area contributed by atoms with Crippen molar-refractivity contribution in [3.05, 3.63) is 34.9 Å². The number of rotatable bonds is 4. The van der Waals surface area contributed by atoms with Crippen LogP contribution >= 0.6 is 11.6 Å². The van der Waals surface area contributed by atoms with Gasteiger partial charge < -0.3 is 20.3 Å². The van der Waals surface area contributed by atoms with Crippen molar-refractivity contribution in [2.45, 2.75) is 38.6 Å². The van der Waals surface area contributed by atoms with Gasteiger partial charge in [0.1, 0.15) is 17.8 Å². The molecule has 5 nitrogen and oxygen atoms in total. The second kappa shape index (κ2) is 6.92. The van der Waals surface area contributed by atoms with E-state index in [1.807, 2.05) is 0 Å². The van der Waals surface area contributed by atoms with E-state index in [0.717, 1.165) is 0 Å². The van der Waals surface area contributed by atoms with Crippen LogP contribution in [0.3, 0.4) is 0 Å². The number of nitrogens with one attached hydrogen (secondary N) is 1. The normalized spacial score (nSPS) is 14.5. The summed E-state index contributed by atoms with van der Waals surface area (Å²) in [4.78, 5) is 11.4. The van der Waals surface area contributed by atoms with Crippen LogP contribution in [0.4, 0.5) is 4.79 Å². The van der Waals surface area contributed by atoms with Crippen LogP contribution in [0.5, 0.6) is 0 Å². The molecule has 0 aliphatic rings. The molecule has 0 fully saturated rings. The largest absolute Gasteiger partial charge is 0.444 e. The Morgan fingerprint density at radius 3 is 2.35 bits per heavy atom. The molecular formula is C14H20ClNO4. The molecule has 112 valence electrons. The number of alkyl carbamates (subject to hydrolysis) is 1. The minimum atomic E-state index is -1.14. The number of aliphatic hydroxyl groups is 2. The average molecular weight is 302 g/mol. The summed E-state index contributed by atoms with van der Waals surface area (Å²) in [7, 11) is 0. The highest BCUT2D eigenvalue weighted by Gasteiger charge is 2.21. The van der Waals surface area contributed by atoms with Gasteiger partial charge in [0, 0.05) is 11.6 Å². The van der Waals surface area contributed by atoms with E-state index < -0.39 is 23.9 Å². The van der Waals surface area contributed by atoms with E-state index in [-0.39, 0.29) is 6.54 Å². The highest BCUT2D eigenvalue weighted by molar-refractivity contribution is 6.30. The number of carbonyl (C=O) groups excluding carboxylic acids is 1. The molecule has 0 aliphatic heterocycles. The zero-order valence-corrected chi connectivity index (χ0v) is 12.5. The minimum Gasteiger partial charge on any atom is -0.444 e. The van der Waals surface area contributed by atoms with Gasteiger partial charge in [0.2, 0.25) is 0 Å². The van der Waals surface area contributed by atoms with Crippen LogP contribution < -0.4 is 5.32 Å². The molecule has 1 aromatic carbocycles. The van der Waals surface area contributed by atoms with Crippen molar-refractivity contribution in [1.29, 1.82) is 0 Å². The molecule has 0 aromatic heterocycles. The number of hydrogen-bond donors (Lipinski definition) is 3. The number of carbonyl (C=O) groups is 1. The lowest BCUT2D eigenvalue weighted by Crippen LogP contribution is -2.38. The minimum absolute atomic E-state index is 0.112. The van der Waals surface area contributed by atoms with Crippen LogP contribution in [0.1, 0.15) is 32.4 Å². The Labute approximate surface area is 123 Å². The van der Waals surface area contributed by atoms with Gasteiger partial charge in [-0.25, -0.2) is 4.79 Å². The van der Waals surface area contributed by atoms with Gasteiger partial charge in [0.05, 0.1) is 0 Å². The van der Waals surface area contributed by atoms with Gasteiger partial charge in [-0.1, -0.05) is 23.7 Å². The summed E-state index contributed by atoms with van der Waals surface area (Å²) in [5.74, 6) is 0. The molecule has 3 N–H and O–H groups in total. The number of hydrogen-bond acceptors (Lipinski definition) is 4. The molecular weight excluding hydrogens is 282 g/mol. The smallest absolute Gasteiger partial charge is 0.407 e. The maximum atomic E-state index is 11.4. The lowest BCUT2D eigenvalue weighted by Gasteiger charge is -2.22. The molecule has 1 aromatic rings. The van der Waals surface area contributed by atoms with Gasteiger partial charge in [-0.15, -0.1) is 0 Å². The summed E-state index contributed by atoms with van der Waals surface area (Å²) < 4.78 is 5.03. The molecule has 0 saturated heterocycles. The Hall–Kier alpha value is -1.30. The van der Waals surface area contributed by atoms with Gasteiger partial charge >= 0.3 is 6.09 Å². The number of benzene rings is 1. The Bertz CT molecular complexity index is 441. The van der Waals surface area contributed by atoms with Gasteiger partial charge in [0.25, 0.3) is 0 Å². The van der Waals surface area contributed by atoms with Gasteiger partial charge in [-0.3, -0.25) is 0 Å². The van der Waals surface area contributed by atoms with Gasteiger partial charge in [-0.05, 0) is 38.5 Å². The second-order valence-corrected chi connectivity index (χ2v) is 5.88. The third-order valence-electron chi connectivity index (χ3n) is 2.43. The van der Waals surface area contributed by atoms with Crippen molar-refractivity contribution < 1.29 is 19.7 Å². The van der Waals surface area contributed by atoms with Crippen molar-refractivity contribution >= 4 is 17.7 Å². The fourth-order valence-electron chi connectivity index (χ4n) is 1.50. The van der Waals surface area contributed by atoms with E-state index in [4.69, 9.17) is 16.3 Å². The SMILES string of the molecule is CC(C)(C)OC(=O)NCC(O)C(O)c1ccc(Cl)cc1. The Kier molecular flexibility index (Phi) is 5.80. The highest BCUT2D eigenvalue weighted by Crippen LogP contribution is 2.19. The number of ether oxygens (including phenoxy) is 1. The predicted octanol–water partition coefficient (Wildman–Crippen LogP) is 2.26. The summed E-state index contributed by atoms with van der Waals surface area (Å²) in [6.45, 7) is 5.11. The summed E-state index contributed by atoms with van der Waals surface area (Å²) >= 11 is 5.74. The number of aliphatic hydroxyl groups excluding tert-OH is 2. The second-order valence-electron chi connectivity index (χ2n) is 5.45. The quantitative estimate of drug-likeness (QED) is 0.797. The molecule has 0 radical (unpaired) electrons. The third-order valence-corrected chi connectivity index (χ3v) is 2.68. The maximum absolute atomic E-state index is 11.4. The van der Waals surface area contributed by atoms with E-state index in [1.165, 1.54) is 0 Å². The topological polar surface area (TPSA) is 78.8 Å². The summed E-state index contributed by atoms with van der Waals surface area (Å²) in [5, 5.41) is 22.7. The van der Waals surface area contributed by atoms with E-state index >= 15 is 0 Å². The van der Waals surface area contributed by atoms with E-state index in [9.17, 15) is 15.0 Å². The number of halogens is 1. The van der Waals surface area contributed by atoms with Crippen molar-refractivity contribution in [2.24, 2.45) is 0 Å². The monoisotopic (exact) mass is 301 g/mol. The molecule has 20 heavy (non-hydrogen) atoms. The van der Waals surface area contributed by atoms with Crippen molar-refractivity contribution in [2.75, 3.05) is 6.54 Å². The molecule has 1 rings (SSSR count). The van der Waals surface area contributed by atoms with Crippen molar-refractivity contribution in [3.8, 4) is 0 Å². The fourth-order valence-corrected chi connectivity index (χ4v) is 1.62. The Balaban J connectivity index is 2.48. The summed E-state index contributed by atoms with van der Waals surface area (Å²) in [6.07, 6.45) is -2.88. The predicted molar refractivity (Wildman–Crippen MR) is 76.7 cm³/mol. The average Bonchev–Trinajstić information content (AvgIpc) is 2.34. The molecule has 0 saturated carbocycles. The standard InChI is InChI=1S/C14H20ClNO4/c1-14(2,3)20-13(19)16-8-11(17)12(18)9-4-6-10(15)7-5-9/h4-7,11-12,17-18H,8H2,1-3H3,(H,16,19). The first-order valence-corrected chi connectivity index (χ1v) is 6.65. The maximum Gasteiger partial charge on any atom is 0.407 e. The van der Waals surface area contributed by atoms with Crippen molar-refractivity contribution in [3.63, 3.8) is 0 Å². The lowest BCUT2D eigenvalue weighted by atomic mass is 10.0. The summed E-state index contributed by atoms with van der Waals surface area (Å²) in [6, 6.07) is 6.47. The zero-order chi connectivity index (χ0) is 15.3. The highest BCUT2D eigenvalue weighted by atomic mass is 35.5. The first-order valence-electron chi connectivity index (χ1n) is 6.27. The third kappa shape index (κ3) is 5.77. The first kappa shape index (κ1) is 16.8. The fraction of sp³-hybridized carbons (Fsp3) is 0.500. The molecule has 0 aliphatic carbocycles. The van der Waals surface area contributed by atoms with Gasteiger partial charge in [-0.2, -0.15) is 0 Å². The van der Waals surface area contributed by atoms with Crippen LogP contribution in [0.25, 0.3) is 0 Å². The molecule has 2 unspecified atom stereocenters. The molecule has 2 atom stereocenters. The van der Waals surface area contributed by atoms with E-state index in [0.29, 0.717) is 10.6 Å². The van der Waals surface area contributed by atoms with E-state index in [2.05, 4.69) is 5.32 Å². The van der Waals surface area contributed by atoms with Crippen LogP contribution in [0.2, 0.25) is 5.02 Å².